The van der Waals surface area contributed by atoms with Crippen LogP contribution >= 0.6 is 0 Å². The first-order valence-electron chi connectivity index (χ1n) is 4.36. The second kappa shape index (κ2) is 4.37. The molecular weight excluding hydrogens is 231 g/mol. The van der Waals surface area contributed by atoms with Crippen LogP contribution in [0.3, 0.4) is 0 Å². The van der Waals surface area contributed by atoms with Crippen LogP contribution in [0.25, 0.3) is 0 Å². The third-order valence-corrected chi connectivity index (χ3v) is 2.22. The molecule has 1 aliphatic carbocycles. The van der Waals surface area contributed by atoms with E-state index in [9.17, 15) is 22.0 Å². The van der Waals surface area contributed by atoms with Gasteiger partial charge in [0.25, 0.3) is 0 Å². The molecule has 0 saturated carbocycles. The zero-order valence-corrected chi connectivity index (χ0v) is 8.11. The van der Waals surface area contributed by atoms with Crippen LogP contribution in [0.4, 0.5) is 22.0 Å². The lowest BCUT2D eigenvalue weighted by Crippen LogP contribution is -2.38. The number of aliphatic hydroxyl groups excluding tert-OH is 1. The summed E-state index contributed by atoms with van der Waals surface area (Å²) in [6.07, 6.45) is -3.74. The molecule has 0 aliphatic heterocycles. The minimum atomic E-state index is -3.05. The van der Waals surface area contributed by atoms with Crippen molar-refractivity contribution in [3.05, 3.63) is 35.7 Å². The van der Waals surface area contributed by atoms with Crippen molar-refractivity contribution in [1.29, 1.82) is 0 Å². The summed E-state index contributed by atoms with van der Waals surface area (Å²) < 4.78 is 65.5. The van der Waals surface area contributed by atoms with E-state index < -0.39 is 47.9 Å². The molecule has 16 heavy (non-hydrogen) atoms. The quantitative estimate of drug-likeness (QED) is 0.752. The Bertz CT molecular complexity index is 373. The molecule has 6 heteroatoms. The smallest absolute Gasteiger partial charge is 0.173 e. The van der Waals surface area contributed by atoms with Gasteiger partial charge in [0, 0.05) is 12.0 Å². The normalized spacial score (nSPS) is 30.4. The SMILES string of the molecule is C=C(F)CC1(F)C=C(F)C(F)=C(CO)C1F. The lowest BCUT2D eigenvalue weighted by molar-refractivity contribution is 0.0938. The second-order valence-corrected chi connectivity index (χ2v) is 3.47. The van der Waals surface area contributed by atoms with Gasteiger partial charge in [-0.1, -0.05) is 6.58 Å². The fourth-order valence-corrected chi connectivity index (χ4v) is 1.49. The largest absolute Gasteiger partial charge is 0.392 e. The first-order valence-corrected chi connectivity index (χ1v) is 4.36. The molecule has 0 amide bonds. The molecule has 0 aromatic rings. The van der Waals surface area contributed by atoms with Crippen molar-refractivity contribution in [1.82, 2.24) is 0 Å². The van der Waals surface area contributed by atoms with Crippen LogP contribution in [0.5, 0.6) is 0 Å². The van der Waals surface area contributed by atoms with Crippen LogP contribution in [-0.4, -0.2) is 23.6 Å². The summed E-state index contributed by atoms with van der Waals surface area (Å²) >= 11 is 0. The van der Waals surface area contributed by atoms with Crippen molar-refractivity contribution in [2.45, 2.75) is 18.3 Å². The summed E-state index contributed by atoms with van der Waals surface area (Å²) in [7, 11) is 0. The summed E-state index contributed by atoms with van der Waals surface area (Å²) in [6, 6.07) is 0. The number of allylic oxidation sites excluding steroid dienone is 4. The lowest BCUT2D eigenvalue weighted by Gasteiger charge is -2.29. The zero-order valence-electron chi connectivity index (χ0n) is 8.11. The Labute approximate surface area is 88.6 Å². The summed E-state index contributed by atoms with van der Waals surface area (Å²) in [4.78, 5) is 0. The lowest BCUT2D eigenvalue weighted by atomic mass is 9.85. The van der Waals surface area contributed by atoms with Crippen molar-refractivity contribution in [3.63, 3.8) is 0 Å². The highest BCUT2D eigenvalue weighted by molar-refractivity contribution is 5.39. The maximum absolute atomic E-state index is 13.8. The maximum Gasteiger partial charge on any atom is 0.173 e. The van der Waals surface area contributed by atoms with Gasteiger partial charge in [0.05, 0.1) is 12.4 Å². The number of hydrogen-bond acceptors (Lipinski definition) is 1. The minimum absolute atomic E-state index is 0.0247. The van der Waals surface area contributed by atoms with Gasteiger partial charge >= 0.3 is 0 Å². The van der Waals surface area contributed by atoms with Gasteiger partial charge in [0.15, 0.2) is 23.5 Å². The predicted molar refractivity (Wildman–Crippen MR) is 48.0 cm³/mol. The molecule has 1 aliphatic rings. The fraction of sp³-hybridized carbons (Fsp3) is 0.400. The van der Waals surface area contributed by atoms with Crippen LogP contribution in [0.2, 0.25) is 0 Å². The molecule has 0 fully saturated rings. The number of halogens is 5. The highest BCUT2D eigenvalue weighted by Crippen LogP contribution is 2.41. The average molecular weight is 240 g/mol. The Morgan fingerprint density at radius 3 is 2.50 bits per heavy atom. The van der Waals surface area contributed by atoms with Crippen molar-refractivity contribution >= 4 is 0 Å². The van der Waals surface area contributed by atoms with E-state index in [4.69, 9.17) is 5.11 Å². The molecule has 1 N–H and O–H groups in total. The van der Waals surface area contributed by atoms with Crippen LogP contribution < -0.4 is 0 Å². The summed E-state index contributed by atoms with van der Waals surface area (Å²) in [5, 5.41) is 8.60. The molecular formula is C10H9F5O. The molecule has 0 spiro atoms. The van der Waals surface area contributed by atoms with Crippen molar-refractivity contribution in [3.8, 4) is 0 Å². The molecule has 0 heterocycles. The summed E-state index contributed by atoms with van der Waals surface area (Å²) in [5.74, 6) is -4.50. The first kappa shape index (κ1) is 12.9. The zero-order chi connectivity index (χ0) is 12.5. The highest BCUT2D eigenvalue weighted by atomic mass is 19.2. The van der Waals surface area contributed by atoms with Gasteiger partial charge < -0.3 is 5.11 Å². The number of hydrogen-bond donors (Lipinski definition) is 1. The Hall–Kier alpha value is -1.17. The second-order valence-electron chi connectivity index (χ2n) is 3.47. The van der Waals surface area contributed by atoms with E-state index in [1.807, 2.05) is 0 Å². The van der Waals surface area contributed by atoms with Crippen molar-refractivity contribution in [2.24, 2.45) is 0 Å². The van der Waals surface area contributed by atoms with Gasteiger partial charge in [-0.15, -0.1) is 0 Å². The van der Waals surface area contributed by atoms with Crippen LogP contribution in [0, 0.1) is 0 Å². The van der Waals surface area contributed by atoms with Gasteiger partial charge in [-0.05, 0) is 6.08 Å². The van der Waals surface area contributed by atoms with Gasteiger partial charge in [0.2, 0.25) is 0 Å². The average Bonchev–Trinajstić information content (AvgIpc) is 2.15. The molecule has 0 bridgehead atoms. The molecule has 1 rings (SSSR count). The molecule has 0 radical (unpaired) electrons. The Morgan fingerprint density at radius 2 is 2.06 bits per heavy atom. The standard InChI is InChI=1S/C10H9F5O/c1-5(11)2-10(15)3-7(12)8(13)6(4-16)9(10)14/h3,9,16H,1-2,4H2. The third kappa shape index (κ3) is 2.16. The van der Waals surface area contributed by atoms with E-state index in [1.54, 1.807) is 0 Å². The van der Waals surface area contributed by atoms with E-state index in [0.717, 1.165) is 0 Å². The topological polar surface area (TPSA) is 20.2 Å². The molecule has 2 atom stereocenters. The monoisotopic (exact) mass is 240 g/mol. The van der Waals surface area contributed by atoms with Crippen LogP contribution in [-0.2, 0) is 0 Å². The highest BCUT2D eigenvalue weighted by Gasteiger charge is 2.46. The van der Waals surface area contributed by atoms with Crippen LogP contribution in [0.1, 0.15) is 6.42 Å². The first-order chi connectivity index (χ1) is 7.31. The van der Waals surface area contributed by atoms with Crippen molar-refractivity contribution in [2.75, 3.05) is 6.61 Å². The Morgan fingerprint density at radius 1 is 1.50 bits per heavy atom. The van der Waals surface area contributed by atoms with Gasteiger partial charge in [0.1, 0.15) is 0 Å². The van der Waals surface area contributed by atoms with Gasteiger partial charge in [-0.2, -0.15) is 0 Å². The van der Waals surface area contributed by atoms with E-state index in [-0.39, 0.29) is 6.08 Å². The van der Waals surface area contributed by atoms with E-state index in [0.29, 0.717) is 0 Å². The number of aliphatic hydroxyl groups is 1. The molecule has 2 unspecified atom stereocenters. The summed E-state index contributed by atoms with van der Waals surface area (Å²) in [6.45, 7) is 1.54. The Kier molecular flexibility index (Phi) is 3.52. The maximum atomic E-state index is 13.8. The Balaban J connectivity index is 3.15. The van der Waals surface area contributed by atoms with E-state index >= 15 is 0 Å². The predicted octanol–water partition coefficient (Wildman–Crippen LogP) is 2.99. The van der Waals surface area contributed by atoms with E-state index in [2.05, 4.69) is 6.58 Å². The molecule has 0 aromatic heterocycles. The third-order valence-electron chi connectivity index (χ3n) is 2.22. The van der Waals surface area contributed by atoms with Crippen molar-refractivity contribution < 1.29 is 27.1 Å². The van der Waals surface area contributed by atoms with Crippen LogP contribution in [0.15, 0.2) is 35.7 Å². The van der Waals surface area contributed by atoms with E-state index in [1.165, 1.54) is 0 Å². The fourth-order valence-electron chi connectivity index (χ4n) is 1.49. The summed E-state index contributed by atoms with van der Waals surface area (Å²) in [5.41, 5.74) is -4.12. The molecule has 0 aromatic carbocycles. The van der Waals surface area contributed by atoms with Gasteiger partial charge in [-0.25, -0.2) is 22.0 Å². The number of rotatable bonds is 3. The molecule has 1 nitrogen and oxygen atoms in total. The van der Waals surface area contributed by atoms with Gasteiger partial charge in [-0.3, -0.25) is 0 Å². The number of alkyl halides is 2. The minimum Gasteiger partial charge on any atom is -0.392 e. The molecule has 0 saturated heterocycles. The molecule has 90 valence electrons.